The minimum absolute atomic E-state index is 0.0431. The predicted octanol–water partition coefficient (Wildman–Crippen LogP) is 2.40. The Labute approximate surface area is 222 Å². The maximum absolute atomic E-state index is 14.8. The normalized spacial score (nSPS) is 32.5. The van der Waals surface area contributed by atoms with Crippen molar-refractivity contribution in [1.29, 1.82) is 0 Å². The molecule has 1 aromatic heterocycles. The molecule has 4 saturated carbocycles. The van der Waals surface area contributed by atoms with E-state index in [1.165, 1.54) is 12.1 Å². The number of carbonyl (C=O) groups is 1. The molecule has 5 fully saturated rings. The summed E-state index contributed by atoms with van der Waals surface area (Å²) in [5.74, 6) is 0.880. The smallest absolute Gasteiger partial charge is 0.270 e. The maximum Gasteiger partial charge on any atom is 0.270 e. The van der Waals surface area contributed by atoms with Gasteiger partial charge in [-0.3, -0.25) is 4.79 Å². The molecule has 3 atom stereocenters. The molecule has 4 aliphatic carbocycles. The number of amides is 1. The van der Waals surface area contributed by atoms with Gasteiger partial charge in [-0.15, -0.1) is 0 Å². The van der Waals surface area contributed by atoms with E-state index in [2.05, 4.69) is 15.3 Å². The number of aliphatic hydroxyl groups is 1. The largest absolute Gasteiger partial charge is 0.390 e. The van der Waals surface area contributed by atoms with Gasteiger partial charge in [0.05, 0.1) is 16.2 Å². The van der Waals surface area contributed by atoms with E-state index in [0.29, 0.717) is 54.7 Å². The van der Waals surface area contributed by atoms with Crippen molar-refractivity contribution in [2.45, 2.75) is 61.6 Å². The van der Waals surface area contributed by atoms with Gasteiger partial charge in [0.2, 0.25) is 5.95 Å². The van der Waals surface area contributed by atoms with Gasteiger partial charge in [0, 0.05) is 44.2 Å². The zero-order valence-corrected chi connectivity index (χ0v) is 22.5. The van der Waals surface area contributed by atoms with Crippen LogP contribution in [0.4, 0.5) is 16.0 Å². The van der Waals surface area contributed by atoms with Crippen LogP contribution in [0, 0.1) is 23.6 Å². The fourth-order valence-corrected chi connectivity index (χ4v) is 8.14. The van der Waals surface area contributed by atoms with E-state index >= 15 is 0 Å². The zero-order valence-electron chi connectivity index (χ0n) is 21.7. The highest BCUT2D eigenvalue weighted by Crippen LogP contribution is 2.55. The number of piperazine rings is 1. The number of hydrogen-bond donors (Lipinski definition) is 2. The molecule has 0 spiro atoms. The lowest BCUT2D eigenvalue weighted by Crippen LogP contribution is -2.61. The minimum atomic E-state index is -3.48. The number of halogens is 1. The van der Waals surface area contributed by atoms with Gasteiger partial charge >= 0.3 is 0 Å². The summed E-state index contributed by atoms with van der Waals surface area (Å²) in [5.41, 5.74) is 0.134. The summed E-state index contributed by atoms with van der Waals surface area (Å²) in [6, 6.07) is 5.64. The van der Waals surface area contributed by atoms with Gasteiger partial charge < -0.3 is 20.2 Å². The van der Waals surface area contributed by atoms with Crippen LogP contribution in [0.3, 0.4) is 0 Å². The Balaban J connectivity index is 1.13. The van der Waals surface area contributed by atoms with Crippen molar-refractivity contribution in [2.24, 2.45) is 17.8 Å². The molecular weight excluding hydrogens is 509 g/mol. The van der Waals surface area contributed by atoms with E-state index in [9.17, 15) is 22.7 Å². The van der Waals surface area contributed by atoms with Gasteiger partial charge in [-0.1, -0.05) is 0 Å². The summed E-state index contributed by atoms with van der Waals surface area (Å²) >= 11 is 0. The quantitative estimate of drug-likeness (QED) is 0.591. The van der Waals surface area contributed by atoms with E-state index in [0.717, 1.165) is 44.4 Å². The molecule has 2 aromatic rings. The van der Waals surface area contributed by atoms with Gasteiger partial charge in [-0.2, -0.15) is 0 Å². The molecule has 11 heteroatoms. The third kappa shape index (κ3) is 4.64. The van der Waals surface area contributed by atoms with Gasteiger partial charge in [0.15, 0.2) is 9.84 Å². The molecule has 38 heavy (non-hydrogen) atoms. The number of nitrogens with zero attached hydrogens (tertiary/aromatic N) is 4. The van der Waals surface area contributed by atoms with Crippen molar-refractivity contribution >= 4 is 27.4 Å². The molecule has 0 radical (unpaired) electrons. The Morgan fingerprint density at radius 3 is 2.53 bits per heavy atom. The third-order valence-corrected chi connectivity index (χ3v) is 10.1. The summed E-state index contributed by atoms with van der Waals surface area (Å²) in [6.45, 7) is 3.50. The first-order valence-corrected chi connectivity index (χ1v) is 15.3. The highest BCUT2D eigenvalue weighted by Gasteiger charge is 2.55. The van der Waals surface area contributed by atoms with Crippen molar-refractivity contribution in [3.8, 4) is 0 Å². The number of rotatable bonds is 5. The van der Waals surface area contributed by atoms with Crippen LogP contribution in [-0.4, -0.2) is 73.0 Å². The van der Waals surface area contributed by atoms with E-state index in [1.807, 2.05) is 16.7 Å². The lowest BCUT2D eigenvalue weighted by atomic mass is 9.52. The summed E-state index contributed by atoms with van der Waals surface area (Å²) in [7, 11) is -3.48. The first-order valence-electron chi connectivity index (χ1n) is 13.4. The van der Waals surface area contributed by atoms with Crippen LogP contribution in [0.15, 0.2) is 35.4 Å². The Kier molecular flexibility index (Phi) is 6.14. The van der Waals surface area contributed by atoms with E-state index in [-0.39, 0.29) is 22.9 Å². The van der Waals surface area contributed by atoms with E-state index in [1.54, 1.807) is 12.3 Å². The van der Waals surface area contributed by atoms with Crippen molar-refractivity contribution in [3.05, 3.63) is 42.0 Å². The van der Waals surface area contributed by atoms with Crippen molar-refractivity contribution < 1.29 is 22.7 Å². The van der Waals surface area contributed by atoms with Crippen LogP contribution in [0.5, 0.6) is 0 Å². The standard InChI is InChI=1S/C27H34FN5O4S/c1-16-15-32(23-4-3-20(11-21(23)28)38(2,36)37)7-8-33(16)26-29-6-5-22(30-26)25(34)31-24-18-9-17-10-19(24)14-27(35,12-17)13-18/h3-6,11,16-19,24,35H,7-10,12-15H2,1-2H3,(H,31,34)/t16-,17?,18?,19?,24-,27-/m0/s1. The molecule has 2 heterocycles. The van der Waals surface area contributed by atoms with E-state index < -0.39 is 21.3 Å². The summed E-state index contributed by atoms with van der Waals surface area (Å²) in [5, 5.41) is 14.1. The Morgan fingerprint density at radius 2 is 1.89 bits per heavy atom. The van der Waals surface area contributed by atoms with Crippen LogP contribution in [-0.2, 0) is 9.84 Å². The highest BCUT2D eigenvalue weighted by atomic mass is 32.2. The number of aromatic nitrogens is 2. The van der Waals surface area contributed by atoms with Crippen molar-refractivity contribution in [3.63, 3.8) is 0 Å². The Hall–Kier alpha value is -2.79. The molecule has 1 aliphatic heterocycles. The number of sulfone groups is 1. The number of nitrogens with one attached hydrogen (secondary N) is 1. The number of carbonyl (C=O) groups excluding carboxylic acids is 1. The number of hydrogen-bond acceptors (Lipinski definition) is 8. The van der Waals surface area contributed by atoms with Crippen LogP contribution in [0.2, 0.25) is 0 Å². The lowest BCUT2D eigenvalue weighted by molar-refractivity contribution is -0.136. The molecule has 9 nitrogen and oxygen atoms in total. The van der Waals surface area contributed by atoms with Gasteiger partial charge in [-0.25, -0.2) is 22.8 Å². The molecule has 2 N–H and O–H groups in total. The average molecular weight is 544 g/mol. The molecular formula is C27H34FN5O4S. The Morgan fingerprint density at radius 1 is 1.16 bits per heavy atom. The van der Waals surface area contributed by atoms with Gasteiger partial charge in [0.1, 0.15) is 11.5 Å². The van der Waals surface area contributed by atoms with Crippen LogP contribution in [0.1, 0.15) is 49.5 Å². The number of anilines is 2. The fraction of sp³-hybridized carbons (Fsp3) is 0.593. The second-order valence-corrected chi connectivity index (χ2v) is 13.8. The second kappa shape index (κ2) is 9.15. The fourth-order valence-electron chi connectivity index (χ4n) is 7.50. The zero-order chi connectivity index (χ0) is 26.8. The lowest BCUT2D eigenvalue weighted by Gasteiger charge is -2.58. The predicted molar refractivity (Wildman–Crippen MR) is 140 cm³/mol. The first-order chi connectivity index (χ1) is 18.0. The molecule has 1 aromatic carbocycles. The molecule has 204 valence electrons. The van der Waals surface area contributed by atoms with Gasteiger partial charge in [0.25, 0.3) is 5.91 Å². The topological polar surface area (TPSA) is 116 Å². The maximum atomic E-state index is 14.8. The minimum Gasteiger partial charge on any atom is -0.390 e. The number of benzene rings is 1. The van der Waals surface area contributed by atoms with Crippen molar-refractivity contribution in [2.75, 3.05) is 35.7 Å². The summed E-state index contributed by atoms with van der Waals surface area (Å²) < 4.78 is 38.3. The van der Waals surface area contributed by atoms with Crippen LogP contribution >= 0.6 is 0 Å². The molecule has 7 rings (SSSR count). The van der Waals surface area contributed by atoms with Crippen LogP contribution in [0.25, 0.3) is 0 Å². The molecule has 1 saturated heterocycles. The van der Waals surface area contributed by atoms with E-state index in [4.69, 9.17) is 0 Å². The van der Waals surface area contributed by atoms with Crippen LogP contribution < -0.4 is 15.1 Å². The highest BCUT2D eigenvalue weighted by molar-refractivity contribution is 7.90. The molecule has 5 aliphatic rings. The first kappa shape index (κ1) is 25.5. The van der Waals surface area contributed by atoms with Crippen molar-refractivity contribution in [1.82, 2.24) is 15.3 Å². The molecule has 4 bridgehead atoms. The summed E-state index contributed by atoms with van der Waals surface area (Å²) in [6.07, 6.45) is 7.22. The molecule has 2 unspecified atom stereocenters. The molecule has 1 amide bonds. The second-order valence-electron chi connectivity index (χ2n) is 11.8. The average Bonchev–Trinajstić information content (AvgIpc) is 2.84. The third-order valence-electron chi connectivity index (χ3n) is 8.99. The Bertz CT molecular complexity index is 1350. The van der Waals surface area contributed by atoms with Gasteiger partial charge in [-0.05, 0) is 81.0 Å². The SMILES string of the molecule is C[C@H]1CN(c2ccc(S(C)(=O)=O)cc2F)CCN1c1nccc(C(=O)N[C@H]2C3CC4CC2C[C@](O)(C4)C3)n1. The summed E-state index contributed by atoms with van der Waals surface area (Å²) in [4.78, 5) is 26.1. The monoisotopic (exact) mass is 543 g/mol.